The average molecular weight is 294 g/mol. The molecule has 0 aliphatic carbocycles. The highest BCUT2D eigenvalue weighted by atomic mass is 16.1. The fraction of sp³-hybridized carbons (Fsp3) is 0.316. The summed E-state index contributed by atoms with van der Waals surface area (Å²) in [7, 11) is 0. The van der Waals surface area contributed by atoms with E-state index in [1.807, 2.05) is 36.4 Å². The second-order valence-corrected chi connectivity index (χ2v) is 5.84. The van der Waals surface area contributed by atoms with E-state index in [4.69, 9.17) is 0 Å². The van der Waals surface area contributed by atoms with Crippen LogP contribution in [0, 0.1) is 0 Å². The molecule has 1 fully saturated rings. The van der Waals surface area contributed by atoms with Crippen molar-refractivity contribution in [2.24, 2.45) is 0 Å². The molecule has 0 aromatic heterocycles. The summed E-state index contributed by atoms with van der Waals surface area (Å²) in [6.07, 6.45) is 1.51. The minimum atomic E-state index is 0.108. The number of carbonyl (C=O) groups is 1. The Balaban J connectivity index is 1.75. The highest BCUT2D eigenvalue weighted by molar-refractivity contribution is 5.78. The van der Waals surface area contributed by atoms with Crippen molar-refractivity contribution in [3.05, 3.63) is 71.8 Å². The summed E-state index contributed by atoms with van der Waals surface area (Å²) in [4.78, 5) is 12.4. The van der Waals surface area contributed by atoms with Crippen LogP contribution in [0.5, 0.6) is 0 Å². The molecule has 0 spiro atoms. The first kappa shape index (κ1) is 14.8. The van der Waals surface area contributed by atoms with Crippen LogP contribution in [0.25, 0.3) is 0 Å². The van der Waals surface area contributed by atoms with Gasteiger partial charge in [-0.15, -0.1) is 0 Å². The summed E-state index contributed by atoms with van der Waals surface area (Å²) in [5.41, 5.74) is 2.38. The van der Waals surface area contributed by atoms with Gasteiger partial charge in [0.1, 0.15) is 0 Å². The number of benzene rings is 2. The van der Waals surface area contributed by atoms with Crippen LogP contribution in [0.4, 0.5) is 0 Å². The zero-order chi connectivity index (χ0) is 15.2. The van der Waals surface area contributed by atoms with Crippen LogP contribution in [0.3, 0.4) is 0 Å². The summed E-state index contributed by atoms with van der Waals surface area (Å²) < 4.78 is 0. The smallest absolute Gasteiger partial charge is 0.221 e. The van der Waals surface area contributed by atoms with Gasteiger partial charge < -0.3 is 10.6 Å². The van der Waals surface area contributed by atoms with Crippen LogP contribution in [0.2, 0.25) is 0 Å². The third kappa shape index (κ3) is 3.74. The van der Waals surface area contributed by atoms with Gasteiger partial charge in [0, 0.05) is 24.9 Å². The maximum Gasteiger partial charge on any atom is 0.221 e. The summed E-state index contributed by atoms with van der Waals surface area (Å²) in [5.74, 6) is 0.239. The second kappa shape index (κ2) is 7.23. The number of amides is 1. The molecule has 1 unspecified atom stereocenters. The molecule has 1 atom stereocenters. The van der Waals surface area contributed by atoms with Crippen molar-refractivity contribution < 1.29 is 4.79 Å². The molecule has 0 bridgehead atoms. The molecule has 114 valence electrons. The van der Waals surface area contributed by atoms with Gasteiger partial charge in [0.15, 0.2) is 0 Å². The lowest BCUT2D eigenvalue weighted by Gasteiger charge is -2.19. The lowest BCUT2D eigenvalue weighted by atomic mass is 9.88. The van der Waals surface area contributed by atoms with Gasteiger partial charge in [-0.1, -0.05) is 60.7 Å². The second-order valence-electron chi connectivity index (χ2n) is 5.84. The number of rotatable bonds is 5. The van der Waals surface area contributed by atoms with Crippen LogP contribution < -0.4 is 10.6 Å². The Morgan fingerprint density at radius 3 is 2.14 bits per heavy atom. The van der Waals surface area contributed by atoms with Gasteiger partial charge in [-0.3, -0.25) is 4.79 Å². The van der Waals surface area contributed by atoms with Crippen LogP contribution in [0.1, 0.15) is 29.9 Å². The Hall–Kier alpha value is -2.13. The van der Waals surface area contributed by atoms with E-state index >= 15 is 0 Å². The first-order chi connectivity index (χ1) is 10.8. The van der Waals surface area contributed by atoms with Crippen LogP contribution in [0.15, 0.2) is 60.7 Å². The Kier molecular flexibility index (Phi) is 4.86. The minimum Gasteiger partial charge on any atom is -0.352 e. The molecule has 0 saturated carbocycles. The van der Waals surface area contributed by atoms with Crippen molar-refractivity contribution in [2.45, 2.75) is 24.8 Å². The monoisotopic (exact) mass is 294 g/mol. The van der Waals surface area contributed by atoms with Crippen molar-refractivity contribution in [3.8, 4) is 0 Å². The van der Waals surface area contributed by atoms with E-state index in [2.05, 4.69) is 34.9 Å². The van der Waals surface area contributed by atoms with Gasteiger partial charge >= 0.3 is 0 Å². The molecular formula is C19H22N2O. The maximum atomic E-state index is 12.4. The fourth-order valence-electron chi connectivity index (χ4n) is 3.05. The first-order valence-corrected chi connectivity index (χ1v) is 7.93. The number of hydrogen-bond acceptors (Lipinski definition) is 2. The molecule has 1 aliphatic heterocycles. The highest BCUT2D eigenvalue weighted by Crippen LogP contribution is 2.27. The zero-order valence-electron chi connectivity index (χ0n) is 12.7. The highest BCUT2D eigenvalue weighted by Gasteiger charge is 2.21. The Labute approximate surface area is 131 Å². The van der Waals surface area contributed by atoms with Gasteiger partial charge in [-0.2, -0.15) is 0 Å². The number of carbonyl (C=O) groups excluding carboxylic acids is 1. The molecule has 1 aliphatic rings. The molecule has 2 aromatic rings. The minimum absolute atomic E-state index is 0.108. The van der Waals surface area contributed by atoms with E-state index in [1.165, 1.54) is 11.1 Å². The van der Waals surface area contributed by atoms with Crippen molar-refractivity contribution >= 4 is 5.91 Å². The molecule has 3 nitrogen and oxygen atoms in total. The van der Waals surface area contributed by atoms with Crippen molar-refractivity contribution in [3.63, 3.8) is 0 Å². The SMILES string of the molecule is O=C(CC(c1ccccc1)c1ccccc1)NC1CCNC1. The molecule has 3 heteroatoms. The molecule has 1 saturated heterocycles. The predicted octanol–water partition coefficient (Wildman–Crippen LogP) is 2.69. The molecular weight excluding hydrogens is 272 g/mol. The standard InChI is InChI=1S/C19H22N2O/c22-19(21-17-11-12-20-14-17)13-18(15-7-3-1-4-8-15)16-9-5-2-6-10-16/h1-10,17-18,20H,11-14H2,(H,21,22). The average Bonchev–Trinajstić information content (AvgIpc) is 3.07. The van der Waals surface area contributed by atoms with Gasteiger partial charge in [-0.25, -0.2) is 0 Å². The Morgan fingerprint density at radius 2 is 1.64 bits per heavy atom. The molecule has 2 N–H and O–H groups in total. The predicted molar refractivity (Wildman–Crippen MR) is 88.8 cm³/mol. The normalized spacial score (nSPS) is 17.6. The van der Waals surface area contributed by atoms with Crippen LogP contribution in [-0.4, -0.2) is 25.0 Å². The van der Waals surface area contributed by atoms with Crippen LogP contribution in [-0.2, 0) is 4.79 Å². The van der Waals surface area contributed by atoms with Crippen molar-refractivity contribution in [1.82, 2.24) is 10.6 Å². The van der Waals surface area contributed by atoms with Crippen molar-refractivity contribution in [1.29, 1.82) is 0 Å². The largest absolute Gasteiger partial charge is 0.352 e. The van der Waals surface area contributed by atoms with E-state index < -0.39 is 0 Å². The van der Waals surface area contributed by atoms with E-state index in [0.717, 1.165) is 19.5 Å². The summed E-state index contributed by atoms with van der Waals surface area (Å²) in [6.45, 7) is 1.87. The van der Waals surface area contributed by atoms with Crippen LogP contribution >= 0.6 is 0 Å². The lowest BCUT2D eigenvalue weighted by molar-refractivity contribution is -0.121. The molecule has 22 heavy (non-hydrogen) atoms. The number of nitrogens with one attached hydrogen (secondary N) is 2. The Morgan fingerprint density at radius 1 is 1.05 bits per heavy atom. The van der Waals surface area contributed by atoms with E-state index in [0.29, 0.717) is 6.42 Å². The Bertz CT molecular complexity index is 552. The summed E-state index contributed by atoms with van der Waals surface area (Å²) >= 11 is 0. The van der Waals surface area contributed by atoms with Gasteiger partial charge in [-0.05, 0) is 24.1 Å². The maximum absolute atomic E-state index is 12.4. The molecule has 1 heterocycles. The van der Waals surface area contributed by atoms with E-state index in [1.54, 1.807) is 0 Å². The molecule has 0 radical (unpaired) electrons. The summed E-state index contributed by atoms with van der Waals surface area (Å²) in [5, 5.41) is 6.43. The van der Waals surface area contributed by atoms with Crippen molar-refractivity contribution in [2.75, 3.05) is 13.1 Å². The summed E-state index contributed by atoms with van der Waals surface area (Å²) in [6, 6.07) is 20.8. The van der Waals surface area contributed by atoms with Gasteiger partial charge in [0.2, 0.25) is 5.91 Å². The molecule has 3 rings (SSSR count). The fourth-order valence-corrected chi connectivity index (χ4v) is 3.05. The quantitative estimate of drug-likeness (QED) is 0.890. The van der Waals surface area contributed by atoms with Gasteiger partial charge in [0.25, 0.3) is 0 Å². The number of hydrogen-bond donors (Lipinski definition) is 2. The van der Waals surface area contributed by atoms with Gasteiger partial charge in [0.05, 0.1) is 0 Å². The third-order valence-electron chi connectivity index (χ3n) is 4.22. The topological polar surface area (TPSA) is 41.1 Å². The van der Waals surface area contributed by atoms with E-state index in [-0.39, 0.29) is 17.9 Å². The lowest BCUT2D eigenvalue weighted by Crippen LogP contribution is -2.36. The third-order valence-corrected chi connectivity index (χ3v) is 4.22. The van der Waals surface area contributed by atoms with E-state index in [9.17, 15) is 4.79 Å². The zero-order valence-corrected chi connectivity index (χ0v) is 12.7. The molecule has 2 aromatic carbocycles. The first-order valence-electron chi connectivity index (χ1n) is 7.93. The molecule has 1 amide bonds.